The Morgan fingerprint density at radius 2 is 1.92 bits per heavy atom. The van der Waals surface area contributed by atoms with Gasteiger partial charge >= 0.3 is 5.97 Å². The molecule has 1 aromatic heterocycles. The fourth-order valence-electron chi connectivity index (χ4n) is 2.18. The SMILES string of the molecule is O=C(Nc1ccc(S(=O)(=O)NC2CCOC2=O)cc1)c1ccco1. The Labute approximate surface area is 137 Å². The molecule has 2 aromatic rings. The molecule has 1 aromatic carbocycles. The van der Waals surface area contributed by atoms with Crippen LogP contribution in [0.5, 0.6) is 0 Å². The second kappa shape index (κ2) is 6.46. The number of furan rings is 1. The highest BCUT2D eigenvalue weighted by atomic mass is 32.2. The van der Waals surface area contributed by atoms with Gasteiger partial charge in [0.2, 0.25) is 10.0 Å². The summed E-state index contributed by atoms with van der Waals surface area (Å²) in [6, 6.07) is 7.79. The normalized spacial score (nSPS) is 17.5. The summed E-state index contributed by atoms with van der Waals surface area (Å²) in [5.74, 6) is -0.878. The summed E-state index contributed by atoms with van der Waals surface area (Å²) >= 11 is 0. The third-order valence-electron chi connectivity index (χ3n) is 3.40. The topological polar surface area (TPSA) is 115 Å². The Morgan fingerprint density at radius 3 is 2.50 bits per heavy atom. The molecule has 1 fully saturated rings. The van der Waals surface area contributed by atoms with Crippen molar-refractivity contribution in [3.63, 3.8) is 0 Å². The van der Waals surface area contributed by atoms with Crippen molar-refractivity contribution in [2.75, 3.05) is 11.9 Å². The quantitative estimate of drug-likeness (QED) is 0.781. The molecule has 0 radical (unpaired) electrons. The van der Waals surface area contributed by atoms with Crippen molar-refractivity contribution in [3.8, 4) is 0 Å². The largest absolute Gasteiger partial charge is 0.464 e. The number of carbonyl (C=O) groups is 2. The fourth-order valence-corrected chi connectivity index (χ4v) is 3.40. The van der Waals surface area contributed by atoms with Gasteiger partial charge in [-0.1, -0.05) is 0 Å². The van der Waals surface area contributed by atoms with E-state index >= 15 is 0 Å². The summed E-state index contributed by atoms with van der Waals surface area (Å²) in [6.45, 7) is 0.198. The number of cyclic esters (lactones) is 1. The van der Waals surface area contributed by atoms with Gasteiger partial charge in [-0.05, 0) is 36.4 Å². The molecule has 0 spiro atoms. The lowest BCUT2D eigenvalue weighted by molar-refractivity contribution is -0.139. The van der Waals surface area contributed by atoms with E-state index in [-0.39, 0.29) is 17.3 Å². The van der Waals surface area contributed by atoms with Gasteiger partial charge in [-0.3, -0.25) is 9.59 Å². The maximum Gasteiger partial charge on any atom is 0.324 e. The molecule has 9 heteroatoms. The van der Waals surface area contributed by atoms with Gasteiger partial charge in [0.25, 0.3) is 5.91 Å². The van der Waals surface area contributed by atoms with E-state index in [1.165, 1.54) is 36.6 Å². The van der Waals surface area contributed by atoms with Crippen molar-refractivity contribution in [2.45, 2.75) is 17.4 Å². The predicted octanol–water partition coefficient (Wildman–Crippen LogP) is 1.13. The second-order valence-electron chi connectivity index (χ2n) is 5.09. The number of carbonyl (C=O) groups excluding carboxylic acids is 2. The van der Waals surface area contributed by atoms with Gasteiger partial charge in [0, 0.05) is 12.1 Å². The molecular weight excluding hydrogens is 336 g/mol. The molecule has 2 N–H and O–H groups in total. The smallest absolute Gasteiger partial charge is 0.324 e. The second-order valence-corrected chi connectivity index (χ2v) is 6.80. The molecule has 0 aliphatic carbocycles. The van der Waals surface area contributed by atoms with Gasteiger partial charge in [0.05, 0.1) is 17.8 Å². The van der Waals surface area contributed by atoms with Crippen LogP contribution in [0, 0.1) is 0 Å². The van der Waals surface area contributed by atoms with Gasteiger partial charge in [0.15, 0.2) is 5.76 Å². The van der Waals surface area contributed by atoms with Crippen molar-refractivity contribution in [1.29, 1.82) is 0 Å². The van der Waals surface area contributed by atoms with Crippen molar-refractivity contribution in [3.05, 3.63) is 48.4 Å². The summed E-state index contributed by atoms with van der Waals surface area (Å²) in [7, 11) is -3.85. The molecule has 24 heavy (non-hydrogen) atoms. The summed E-state index contributed by atoms with van der Waals surface area (Å²) in [5, 5.41) is 2.58. The average Bonchev–Trinajstić information content (AvgIpc) is 3.20. The first-order valence-corrected chi connectivity index (χ1v) is 8.58. The van der Waals surface area contributed by atoms with Crippen LogP contribution in [0.25, 0.3) is 0 Å². The van der Waals surface area contributed by atoms with Crippen LogP contribution in [0.3, 0.4) is 0 Å². The first-order chi connectivity index (χ1) is 11.5. The van der Waals surface area contributed by atoms with E-state index < -0.39 is 27.9 Å². The fraction of sp³-hybridized carbons (Fsp3) is 0.200. The van der Waals surface area contributed by atoms with Crippen LogP contribution in [-0.2, 0) is 19.6 Å². The minimum absolute atomic E-state index is 0.0156. The van der Waals surface area contributed by atoms with Crippen LogP contribution in [-0.4, -0.2) is 32.9 Å². The lowest BCUT2D eigenvalue weighted by atomic mass is 10.3. The van der Waals surface area contributed by atoms with Crippen LogP contribution in [0.15, 0.2) is 52.0 Å². The Hall–Kier alpha value is -2.65. The number of sulfonamides is 1. The molecule has 126 valence electrons. The van der Waals surface area contributed by atoms with Crippen LogP contribution >= 0.6 is 0 Å². The van der Waals surface area contributed by atoms with E-state index in [1.54, 1.807) is 6.07 Å². The van der Waals surface area contributed by atoms with Crippen molar-refractivity contribution < 1.29 is 27.2 Å². The molecule has 1 aliphatic heterocycles. The predicted molar refractivity (Wildman–Crippen MR) is 82.8 cm³/mol. The van der Waals surface area contributed by atoms with Gasteiger partial charge in [-0.25, -0.2) is 8.42 Å². The zero-order valence-corrected chi connectivity index (χ0v) is 13.2. The highest BCUT2D eigenvalue weighted by molar-refractivity contribution is 7.89. The number of nitrogens with one attached hydrogen (secondary N) is 2. The number of rotatable bonds is 5. The van der Waals surface area contributed by atoms with Crippen molar-refractivity contribution in [2.24, 2.45) is 0 Å². The van der Waals surface area contributed by atoms with Crippen LogP contribution in [0.2, 0.25) is 0 Å². The Balaban J connectivity index is 1.69. The first kappa shape index (κ1) is 16.2. The van der Waals surface area contributed by atoms with Crippen LogP contribution < -0.4 is 10.0 Å². The maximum absolute atomic E-state index is 12.2. The summed E-state index contributed by atoms with van der Waals surface area (Å²) < 4.78 is 36.5. The Kier molecular flexibility index (Phi) is 4.36. The number of benzene rings is 1. The molecule has 1 saturated heterocycles. The lowest BCUT2D eigenvalue weighted by Crippen LogP contribution is -2.37. The number of hydrogen-bond acceptors (Lipinski definition) is 6. The van der Waals surface area contributed by atoms with Crippen LogP contribution in [0.4, 0.5) is 5.69 Å². The minimum atomic E-state index is -3.85. The van der Waals surface area contributed by atoms with Gasteiger partial charge in [-0.2, -0.15) is 4.72 Å². The van der Waals surface area contributed by atoms with Gasteiger partial charge < -0.3 is 14.5 Å². The van der Waals surface area contributed by atoms with Crippen LogP contribution in [0.1, 0.15) is 17.0 Å². The molecule has 8 nitrogen and oxygen atoms in total. The number of hydrogen-bond donors (Lipinski definition) is 2. The first-order valence-electron chi connectivity index (χ1n) is 7.09. The Morgan fingerprint density at radius 1 is 1.17 bits per heavy atom. The zero-order chi connectivity index (χ0) is 17.2. The molecule has 3 rings (SSSR count). The third kappa shape index (κ3) is 3.47. The summed E-state index contributed by atoms with van der Waals surface area (Å²) in [4.78, 5) is 23.2. The minimum Gasteiger partial charge on any atom is -0.464 e. The van der Waals surface area contributed by atoms with E-state index in [2.05, 4.69) is 10.0 Å². The van der Waals surface area contributed by atoms with E-state index in [4.69, 9.17) is 9.15 Å². The van der Waals surface area contributed by atoms with Gasteiger partial charge in [-0.15, -0.1) is 0 Å². The van der Waals surface area contributed by atoms with E-state index in [9.17, 15) is 18.0 Å². The van der Waals surface area contributed by atoms with E-state index in [1.807, 2.05) is 0 Å². The number of anilines is 1. The molecule has 0 saturated carbocycles. The van der Waals surface area contributed by atoms with Gasteiger partial charge in [0.1, 0.15) is 6.04 Å². The number of ether oxygens (including phenoxy) is 1. The molecule has 1 amide bonds. The molecule has 2 heterocycles. The molecule has 1 atom stereocenters. The standard InChI is InChI=1S/C15H14N2O6S/c18-14(13-2-1-8-22-13)16-10-3-5-11(6-4-10)24(20,21)17-12-7-9-23-15(12)19/h1-6,8,12,17H,7,9H2,(H,16,18). The molecule has 1 unspecified atom stereocenters. The highest BCUT2D eigenvalue weighted by Gasteiger charge is 2.31. The average molecular weight is 350 g/mol. The van der Waals surface area contributed by atoms with Crippen molar-refractivity contribution in [1.82, 2.24) is 4.72 Å². The van der Waals surface area contributed by atoms with Crippen molar-refractivity contribution >= 4 is 27.6 Å². The third-order valence-corrected chi connectivity index (χ3v) is 4.89. The number of esters is 1. The molecule has 1 aliphatic rings. The highest BCUT2D eigenvalue weighted by Crippen LogP contribution is 2.17. The Bertz CT molecular complexity index is 843. The van der Waals surface area contributed by atoms with E-state index in [0.29, 0.717) is 12.1 Å². The van der Waals surface area contributed by atoms with E-state index in [0.717, 1.165) is 0 Å². The number of amides is 1. The zero-order valence-electron chi connectivity index (χ0n) is 12.4. The summed E-state index contributed by atoms with van der Waals surface area (Å²) in [6.07, 6.45) is 1.68. The molecule has 0 bridgehead atoms. The summed E-state index contributed by atoms with van der Waals surface area (Å²) in [5.41, 5.74) is 0.413. The maximum atomic E-state index is 12.2. The monoisotopic (exact) mass is 350 g/mol. The lowest BCUT2D eigenvalue weighted by Gasteiger charge is -2.10. The molecular formula is C15H14N2O6S.